The maximum Gasteiger partial charge on any atom is 0.123 e. The van der Waals surface area contributed by atoms with Crippen LogP contribution < -0.4 is 4.74 Å². The van der Waals surface area contributed by atoms with Gasteiger partial charge in [-0.15, -0.1) is 0 Å². The lowest BCUT2D eigenvalue weighted by molar-refractivity contribution is -0.0841. The Kier molecular flexibility index (Phi) is 5.86. The maximum absolute atomic E-state index is 11.5. The second kappa shape index (κ2) is 8.29. The van der Waals surface area contributed by atoms with E-state index in [0.29, 0.717) is 13.2 Å². The summed E-state index contributed by atoms with van der Waals surface area (Å²) in [6.07, 6.45) is 0.784. The van der Waals surface area contributed by atoms with E-state index in [0.717, 1.165) is 52.2 Å². The molecule has 1 aromatic carbocycles. The minimum atomic E-state index is -0.570. The van der Waals surface area contributed by atoms with Crippen molar-refractivity contribution in [2.45, 2.75) is 97.6 Å². The van der Waals surface area contributed by atoms with Crippen LogP contribution in [-0.2, 0) is 21.5 Å². The second-order valence-electron chi connectivity index (χ2n) is 12.9. The largest absolute Gasteiger partial charge is 0.488 e. The number of fused-ring (bicyclic) bond motifs is 4. The molecule has 0 radical (unpaired) electrons. The van der Waals surface area contributed by atoms with E-state index in [-0.39, 0.29) is 29.0 Å². The maximum atomic E-state index is 11.5. The van der Waals surface area contributed by atoms with Gasteiger partial charge in [0.2, 0.25) is 0 Å². The van der Waals surface area contributed by atoms with Crippen molar-refractivity contribution in [2.24, 2.45) is 11.3 Å². The lowest BCUT2D eigenvalue weighted by Crippen LogP contribution is -2.37. The molecule has 1 aromatic heterocycles. The van der Waals surface area contributed by atoms with Crippen molar-refractivity contribution < 1.29 is 19.3 Å². The number of pyridine rings is 1. The molecule has 5 heteroatoms. The van der Waals surface area contributed by atoms with Gasteiger partial charge in [0.05, 0.1) is 19.3 Å². The van der Waals surface area contributed by atoms with E-state index in [1.807, 2.05) is 12.1 Å². The molecule has 1 N–H and O–H groups in total. The second-order valence-corrected chi connectivity index (χ2v) is 12.9. The molecule has 4 unspecified atom stereocenters. The number of nitrogens with zero attached hydrogens (tertiary/aromatic N) is 1. The summed E-state index contributed by atoms with van der Waals surface area (Å²) in [5.74, 6) is 1.26. The highest BCUT2D eigenvalue weighted by Gasteiger charge is 2.56. The Hall–Kier alpha value is -1.95. The molecule has 3 aliphatic rings. The number of rotatable bonds is 3. The minimum absolute atomic E-state index is 0.00854. The zero-order chi connectivity index (χ0) is 25.3. The summed E-state index contributed by atoms with van der Waals surface area (Å²) in [5.41, 5.74) is 5.67. The van der Waals surface area contributed by atoms with E-state index < -0.39 is 11.7 Å². The standard InChI is InChI=1S/C30H41NO4/c1-17(2)26-24-25(23-21(31-26)13-29(7,8)14-22(23)32)30(16-33-15-18(30)3)35-27(24)19-9-11-20(12-10-19)34-28(4,5)6/h9-12,17-18,22,27,32H,13-16H2,1-8H3. The summed E-state index contributed by atoms with van der Waals surface area (Å²) in [7, 11) is 0. The van der Waals surface area contributed by atoms with Gasteiger partial charge in [0, 0.05) is 34.0 Å². The summed E-state index contributed by atoms with van der Waals surface area (Å²) < 4.78 is 19.2. The summed E-state index contributed by atoms with van der Waals surface area (Å²) in [5, 5.41) is 11.5. The third kappa shape index (κ3) is 4.20. The highest BCUT2D eigenvalue weighted by molar-refractivity contribution is 5.55. The summed E-state index contributed by atoms with van der Waals surface area (Å²) >= 11 is 0. The summed E-state index contributed by atoms with van der Waals surface area (Å²) in [6, 6.07) is 8.28. The SMILES string of the molecule is CC(C)c1nc2c(c3c1C(c1ccc(OC(C)(C)C)cc1)OC31COCC1C)C(O)CC(C)(C)C2. The molecule has 2 aromatic rings. The number of aliphatic hydroxyl groups is 1. The van der Waals surface area contributed by atoms with Gasteiger partial charge in [-0.25, -0.2) is 0 Å². The molecule has 3 heterocycles. The molecule has 2 aliphatic heterocycles. The number of benzene rings is 1. The minimum Gasteiger partial charge on any atom is -0.488 e. The van der Waals surface area contributed by atoms with Gasteiger partial charge in [0.15, 0.2) is 0 Å². The van der Waals surface area contributed by atoms with Crippen LogP contribution in [0.15, 0.2) is 24.3 Å². The number of hydrogen-bond acceptors (Lipinski definition) is 5. The van der Waals surface area contributed by atoms with Gasteiger partial charge in [-0.05, 0) is 62.6 Å². The molecule has 35 heavy (non-hydrogen) atoms. The average molecular weight is 480 g/mol. The van der Waals surface area contributed by atoms with Gasteiger partial charge in [-0.1, -0.05) is 46.8 Å². The zero-order valence-electron chi connectivity index (χ0n) is 22.6. The van der Waals surface area contributed by atoms with Crippen LogP contribution in [0.1, 0.15) is 114 Å². The topological polar surface area (TPSA) is 60.8 Å². The highest BCUT2D eigenvalue weighted by atomic mass is 16.6. The lowest BCUT2D eigenvalue weighted by Gasteiger charge is -2.38. The smallest absolute Gasteiger partial charge is 0.123 e. The van der Waals surface area contributed by atoms with Gasteiger partial charge < -0.3 is 19.3 Å². The van der Waals surface area contributed by atoms with Gasteiger partial charge in [-0.2, -0.15) is 0 Å². The number of hydrogen-bond donors (Lipinski definition) is 1. The summed E-state index contributed by atoms with van der Waals surface area (Å²) in [6.45, 7) is 18.4. The van der Waals surface area contributed by atoms with Crippen molar-refractivity contribution in [1.29, 1.82) is 0 Å². The van der Waals surface area contributed by atoms with Gasteiger partial charge >= 0.3 is 0 Å². The van der Waals surface area contributed by atoms with Crippen LogP contribution in [0.3, 0.4) is 0 Å². The first kappa shape index (κ1) is 24.7. The summed E-state index contributed by atoms with van der Waals surface area (Å²) in [4.78, 5) is 5.25. The third-order valence-corrected chi connectivity index (χ3v) is 7.75. The van der Waals surface area contributed by atoms with E-state index in [9.17, 15) is 5.11 Å². The fourth-order valence-electron chi connectivity index (χ4n) is 6.25. The molecular formula is C30H41NO4. The molecule has 1 saturated heterocycles. The monoisotopic (exact) mass is 479 g/mol. The molecule has 0 amide bonds. The van der Waals surface area contributed by atoms with Crippen LogP contribution >= 0.6 is 0 Å². The van der Waals surface area contributed by atoms with Crippen LogP contribution in [0.2, 0.25) is 0 Å². The van der Waals surface area contributed by atoms with Crippen LogP contribution in [0.4, 0.5) is 0 Å². The van der Waals surface area contributed by atoms with Crippen LogP contribution in [0.25, 0.3) is 0 Å². The molecule has 4 atom stereocenters. The third-order valence-electron chi connectivity index (χ3n) is 7.75. The van der Waals surface area contributed by atoms with E-state index in [2.05, 4.69) is 67.5 Å². The number of aliphatic hydroxyl groups excluding tert-OH is 1. The number of ether oxygens (including phenoxy) is 3. The molecule has 5 nitrogen and oxygen atoms in total. The first-order valence-electron chi connectivity index (χ1n) is 13.1. The zero-order valence-corrected chi connectivity index (χ0v) is 22.6. The molecular weight excluding hydrogens is 438 g/mol. The molecule has 5 rings (SSSR count). The van der Waals surface area contributed by atoms with Crippen molar-refractivity contribution in [1.82, 2.24) is 4.98 Å². The molecule has 1 fully saturated rings. The van der Waals surface area contributed by atoms with Gasteiger partial charge in [0.25, 0.3) is 0 Å². The highest BCUT2D eigenvalue weighted by Crippen LogP contribution is 2.58. The van der Waals surface area contributed by atoms with E-state index in [1.165, 1.54) is 0 Å². The van der Waals surface area contributed by atoms with E-state index in [4.69, 9.17) is 19.2 Å². The Morgan fingerprint density at radius 1 is 1.11 bits per heavy atom. The van der Waals surface area contributed by atoms with Crippen molar-refractivity contribution in [2.75, 3.05) is 13.2 Å². The lowest BCUT2D eigenvalue weighted by atomic mass is 9.69. The first-order valence-corrected chi connectivity index (χ1v) is 13.1. The Morgan fingerprint density at radius 3 is 2.37 bits per heavy atom. The fourth-order valence-corrected chi connectivity index (χ4v) is 6.25. The van der Waals surface area contributed by atoms with Crippen molar-refractivity contribution >= 4 is 0 Å². The molecule has 0 bridgehead atoms. The van der Waals surface area contributed by atoms with Crippen LogP contribution in [-0.4, -0.2) is 28.9 Å². The normalized spacial score (nSPS) is 29.5. The molecule has 1 aliphatic carbocycles. The van der Waals surface area contributed by atoms with E-state index in [1.54, 1.807) is 0 Å². The number of aromatic nitrogens is 1. The Labute approximate surface area is 210 Å². The molecule has 1 spiro atoms. The molecule has 190 valence electrons. The average Bonchev–Trinajstić information content (AvgIpc) is 3.27. The van der Waals surface area contributed by atoms with Crippen molar-refractivity contribution in [3.63, 3.8) is 0 Å². The molecule has 0 saturated carbocycles. The van der Waals surface area contributed by atoms with Gasteiger partial charge in [-0.3, -0.25) is 4.98 Å². The van der Waals surface area contributed by atoms with Gasteiger partial charge in [0.1, 0.15) is 23.1 Å². The predicted octanol–water partition coefficient (Wildman–Crippen LogP) is 6.37. The van der Waals surface area contributed by atoms with Crippen molar-refractivity contribution in [3.8, 4) is 5.75 Å². The Bertz CT molecular complexity index is 1110. The predicted molar refractivity (Wildman–Crippen MR) is 137 cm³/mol. The Morgan fingerprint density at radius 2 is 1.80 bits per heavy atom. The fraction of sp³-hybridized carbons (Fsp3) is 0.633. The van der Waals surface area contributed by atoms with Crippen LogP contribution in [0.5, 0.6) is 5.75 Å². The quantitative estimate of drug-likeness (QED) is 0.554. The first-order chi connectivity index (χ1) is 16.3. The van der Waals surface area contributed by atoms with Crippen molar-refractivity contribution in [3.05, 3.63) is 57.9 Å². The van der Waals surface area contributed by atoms with Crippen LogP contribution in [0, 0.1) is 11.3 Å². The Balaban J connectivity index is 1.71. The van der Waals surface area contributed by atoms with E-state index >= 15 is 0 Å².